The second-order valence-electron chi connectivity index (χ2n) is 7.30. The highest BCUT2D eigenvalue weighted by Gasteiger charge is 2.25. The lowest BCUT2D eigenvalue weighted by atomic mass is 9.90. The molecule has 0 unspecified atom stereocenters. The van der Waals surface area contributed by atoms with Crippen molar-refractivity contribution in [2.45, 2.75) is 65.0 Å². The number of nitrogens with one attached hydrogen (secondary N) is 1. The molecule has 1 amide bonds. The molecule has 128 valence electrons. The number of amides is 1. The van der Waals surface area contributed by atoms with Crippen LogP contribution in [0.4, 0.5) is 0 Å². The molecule has 1 aliphatic carbocycles. The smallest absolute Gasteiger partial charge is 0.235 e. The van der Waals surface area contributed by atoms with Crippen LogP contribution < -0.4 is 14.8 Å². The molecule has 0 bridgehead atoms. The Kier molecular flexibility index (Phi) is 5.80. The van der Waals surface area contributed by atoms with Crippen LogP contribution in [-0.4, -0.2) is 35.1 Å². The number of ether oxygens (including phenoxy) is 2. The first-order valence-electron chi connectivity index (χ1n) is 8.18. The Morgan fingerprint density at radius 2 is 1.87 bits per heavy atom. The van der Waals surface area contributed by atoms with Crippen LogP contribution in [0.3, 0.4) is 0 Å². The maximum absolute atomic E-state index is 12.0. The highest BCUT2D eigenvalue weighted by molar-refractivity contribution is 5.76. The van der Waals surface area contributed by atoms with Crippen molar-refractivity contribution in [1.82, 2.24) is 15.3 Å². The third-order valence-electron chi connectivity index (χ3n) is 3.82. The molecule has 0 saturated heterocycles. The Bertz CT molecular complexity index is 520. The minimum atomic E-state index is 0.0232. The zero-order valence-electron chi connectivity index (χ0n) is 14.5. The van der Waals surface area contributed by atoms with E-state index in [1.54, 1.807) is 19.5 Å². The van der Waals surface area contributed by atoms with Crippen LogP contribution in [0, 0.1) is 5.41 Å². The standard InChI is InChI=1S/C17H27N3O3/c1-17(2,3)9-14(21)19-12-5-7-13(8-6-12)23-16-11-18-10-15(20-16)22-4/h10-13H,5-9H2,1-4H3,(H,19,21). The van der Waals surface area contributed by atoms with Gasteiger partial charge in [0, 0.05) is 12.5 Å². The van der Waals surface area contributed by atoms with E-state index in [-0.39, 0.29) is 23.5 Å². The molecular weight excluding hydrogens is 294 g/mol. The Hall–Kier alpha value is -1.85. The molecule has 0 radical (unpaired) electrons. The predicted octanol–water partition coefficient (Wildman–Crippen LogP) is 2.73. The molecule has 0 aliphatic heterocycles. The summed E-state index contributed by atoms with van der Waals surface area (Å²) in [5.74, 6) is 1.08. The molecule has 0 spiro atoms. The first kappa shape index (κ1) is 17.5. The van der Waals surface area contributed by atoms with E-state index in [1.165, 1.54) is 0 Å². The highest BCUT2D eigenvalue weighted by atomic mass is 16.5. The maximum Gasteiger partial charge on any atom is 0.235 e. The molecule has 2 rings (SSSR count). The van der Waals surface area contributed by atoms with Gasteiger partial charge in [-0.25, -0.2) is 0 Å². The van der Waals surface area contributed by atoms with E-state index in [9.17, 15) is 4.79 Å². The second-order valence-corrected chi connectivity index (χ2v) is 7.30. The molecule has 1 aromatic heterocycles. The summed E-state index contributed by atoms with van der Waals surface area (Å²) < 4.78 is 10.9. The van der Waals surface area contributed by atoms with Gasteiger partial charge in [-0.1, -0.05) is 20.8 Å². The highest BCUT2D eigenvalue weighted by Crippen LogP contribution is 2.24. The number of nitrogens with zero attached hydrogens (tertiary/aromatic N) is 2. The van der Waals surface area contributed by atoms with Gasteiger partial charge in [0.05, 0.1) is 19.5 Å². The van der Waals surface area contributed by atoms with Crippen molar-refractivity contribution >= 4 is 5.91 Å². The zero-order valence-corrected chi connectivity index (χ0v) is 14.5. The normalized spacial score (nSPS) is 21.6. The topological polar surface area (TPSA) is 73.3 Å². The first-order valence-corrected chi connectivity index (χ1v) is 8.18. The third-order valence-corrected chi connectivity index (χ3v) is 3.82. The van der Waals surface area contributed by atoms with Crippen LogP contribution in [0.15, 0.2) is 12.4 Å². The molecule has 1 N–H and O–H groups in total. The van der Waals surface area contributed by atoms with Crippen LogP contribution in [0.1, 0.15) is 52.9 Å². The number of methoxy groups -OCH3 is 1. The van der Waals surface area contributed by atoms with Crippen LogP contribution in [0.25, 0.3) is 0 Å². The van der Waals surface area contributed by atoms with Crippen molar-refractivity contribution in [3.63, 3.8) is 0 Å². The number of rotatable bonds is 5. The molecule has 23 heavy (non-hydrogen) atoms. The van der Waals surface area contributed by atoms with Gasteiger partial charge in [0.2, 0.25) is 17.7 Å². The Morgan fingerprint density at radius 1 is 1.22 bits per heavy atom. The average Bonchev–Trinajstić information content (AvgIpc) is 2.47. The summed E-state index contributed by atoms with van der Waals surface area (Å²) in [5.41, 5.74) is 0.0232. The quantitative estimate of drug-likeness (QED) is 0.902. The minimum Gasteiger partial charge on any atom is -0.480 e. The summed E-state index contributed by atoms with van der Waals surface area (Å²) in [6, 6.07) is 0.251. The van der Waals surface area contributed by atoms with E-state index in [4.69, 9.17) is 9.47 Å². The number of hydrogen-bond acceptors (Lipinski definition) is 5. The first-order chi connectivity index (χ1) is 10.9. The lowest BCUT2D eigenvalue weighted by Crippen LogP contribution is -2.40. The molecule has 1 fully saturated rings. The van der Waals surface area contributed by atoms with Crippen molar-refractivity contribution in [1.29, 1.82) is 0 Å². The predicted molar refractivity (Wildman–Crippen MR) is 87.5 cm³/mol. The van der Waals surface area contributed by atoms with Crippen molar-refractivity contribution in [3.05, 3.63) is 12.4 Å². The van der Waals surface area contributed by atoms with E-state index < -0.39 is 0 Å². The maximum atomic E-state index is 12.0. The fraction of sp³-hybridized carbons (Fsp3) is 0.706. The molecule has 0 atom stereocenters. The van der Waals surface area contributed by atoms with Gasteiger partial charge in [0.1, 0.15) is 6.10 Å². The van der Waals surface area contributed by atoms with Gasteiger partial charge in [0.15, 0.2) is 0 Å². The number of carbonyl (C=O) groups is 1. The molecule has 6 heteroatoms. The van der Waals surface area contributed by atoms with Crippen LogP contribution >= 0.6 is 0 Å². The summed E-state index contributed by atoms with van der Waals surface area (Å²) in [6.45, 7) is 6.23. The molecule has 6 nitrogen and oxygen atoms in total. The van der Waals surface area contributed by atoms with Crippen molar-refractivity contribution < 1.29 is 14.3 Å². The minimum absolute atomic E-state index is 0.0232. The molecule has 0 aromatic carbocycles. The van der Waals surface area contributed by atoms with E-state index >= 15 is 0 Å². The SMILES string of the molecule is COc1cncc(OC2CCC(NC(=O)CC(C)(C)C)CC2)n1. The molecule has 1 aromatic rings. The Labute approximate surface area is 138 Å². The lowest BCUT2D eigenvalue weighted by Gasteiger charge is -2.30. The summed E-state index contributed by atoms with van der Waals surface area (Å²) in [6.07, 6.45) is 7.48. The van der Waals surface area contributed by atoms with Gasteiger partial charge in [0.25, 0.3) is 0 Å². The number of aromatic nitrogens is 2. The van der Waals surface area contributed by atoms with Crippen LogP contribution in [-0.2, 0) is 4.79 Å². The van der Waals surface area contributed by atoms with Gasteiger partial charge in [-0.2, -0.15) is 4.98 Å². The van der Waals surface area contributed by atoms with E-state index in [1.807, 2.05) is 0 Å². The summed E-state index contributed by atoms with van der Waals surface area (Å²) in [5, 5.41) is 3.14. The average molecular weight is 321 g/mol. The summed E-state index contributed by atoms with van der Waals surface area (Å²) >= 11 is 0. The Balaban J connectivity index is 1.76. The van der Waals surface area contributed by atoms with Crippen molar-refractivity contribution in [2.75, 3.05) is 7.11 Å². The van der Waals surface area contributed by atoms with E-state index in [0.29, 0.717) is 18.2 Å². The number of carbonyl (C=O) groups excluding carboxylic acids is 1. The van der Waals surface area contributed by atoms with Gasteiger partial charge < -0.3 is 14.8 Å². The monoisotopic (exact) mass is 321 g/mol. The van der Waals surface area contributed by atoms with E-state index in [0.717, 1.165) is 25.7 Å². The summed E-state index contributed by atoms with van der Waals surface area (Å²) in [7, 11) is 1.55. The third kappa shape index (κ3) is 6.04. The van der Waals surface area contributed by atoms with Gasteiger partial charge in [-0.3, -0.25) is 9.78 Å². The van der Waals surface area contributed by atoms with E-state index in [2.05, 4.69) is 36.1 Å². The van der Waals surface area contributed by atoms with Crippen LogP contribution in [0.5, 0.6) is 11.8 Å². The largest absolute Gasteiger partial charge is 0.480 e. The second kappa shape index (κ2) is 7.62. The molecule has 1 saturated carbocycles. The fourth-order valence-electron chi connectivity index (χ4n) is 2.74. The fourth-order valence-corrected chi connectivity index (χ4v) is 2.74. The Morgan fingerprint density at radius 3 is 2.48 bits per heavy atom. The summed E-state index contributed by atoms with van der Waals surface area (Å²) in [4.78, 5) is 20.3. The molecular formula is C17H27N3O3. The molecule has 1 aliphatic rings. The van der Waals surface area contributed by atoms with Crippen LogP contribution in [0.2, 0.25) is 0 Å². The zero-order chi connectivity index (χ0) is 16.9. The van der Waals surface area contributed by atoms with Gasteiger partial charge >= 0.3 is 0 Å². The molecule has 1 heterocycles. The van der Waals surface area contributed by atoms with Crippen molar-refractivity contribution in [2.24, 2.45) is 5.41 Å². The number of hydrogen-bond donors (Lipinski definition) is 1. The van der Waals surface area contributed by atoms with Crippen molar-refractivity contribution in [3.8, 4) is 11.8 Å². The van der Waals surface area contributed by atoms with Gasteiger partial charge in [-0.15, -0.1) is 0 Å². The lowest BCUT2D eigenvalue weighted by molar-refractivity contribution is -0.123. The van der Waals surface area contributed by atoms with Gasteiger partial charge in [-0.05, 0) is 31.1 Å².